The summed E-state index contributed by atoms with van der Waals surface area (Å²) in [6.07, 6.45) is 3.46. The molecule has 1 N–H and O–H groups in total. The molecule has 0 unspecified atom stereocenters. The molecule has 2 aliphatic rings. The zero-order chi connectivity index (χ0) is 16.6. The van der Waals surface area contributed by atoms with E-state index in [1.807, 2.05) is 0 Å². The number of hydrogen-bond acceptors (Lipinski definition) is 4. The molecule has 2 saturated heterocycles. The Bertz CT molecular complexity index is 456. The predicted octanol–water partition coefficient (Wildman–Crippen LogP) is 2.33. The number of ether oxygens (including phenoxy) is 2. The number of benzene rings is 1. The lowest BCUT2D eigenvalue weighted by atomic mass is 9.91. The van der Waals surface area contributed by atoms with E-state index in [-0.39, 0.29) is 0 Å². The molecule has 2 aliphatic heterocycles. The van der Waals surface area contributed by atoms with Crippen molar-refractivity contribution in [3.05, 3.63) is 35.9 Å². The second-order valence-electron chi connectivity index (χ2n) is 7.20. The van der Waals surface area contributed by atoms with Crippen LogP contribution in [0.15, 0.2) is 30.3 Å². The molecule has 134 valence electrons. The van der Waals surface area contributed by atoms with Gasteiger partial charge in [-0.25, -0.2) is 0 Å². The highest BCUT2D eigenvalue weighted by Gasteiger charge is 2.24. The van der Waals surface area contributed by atoms with E-state index < -0.39 is 0 Å². The molecule has 0 bridgehead atoms. The summed E-state index contributed by atoms with van der Waals surface area (Å²) in [5.41, 5.74) is 1.42. The van der Waals surface area contributed by atoms with Crippen LogP contribution in [0.4, 0.5) is 0 Å². The van der Waals surface area contributed by atoms with E-state index in [1.54, 1.807) is 0 Å². The highest BCUT2D eigenvalue weighted by molar-refractivity contribution is 5.16. The third-order valence-electron chi connectivity index (χ3n) is 5.38. The molecule has 4 nitrogen and oxygen atoms in total. The maximum absolute atomic E-state index is 5.52. The van der Waals surface area contributed by atoms with Crippen molar-refractivity contribution in [1.82, 2.24) is 10.2 Å². The molecule has 0 spiro atoms. The van der Waals surface area contributed by atoms with Crippen molar-refractivity contribution in [2.75, 3.05) is 46.1 Å². The first kappa shape index (κ1) is 17.9. The smallest absolute Gasteiger partial charge is 0.0594 e. The second-order valence-corrected chi connectivity index (χ2v) is 7.20. The van der Waals surface area contributed by atoms with Gasteiger partial charge in [0.1, 0.15) is 0 Å². The van der Waals surface area contributed by atoms with Crippen LogP contribution in [0.3, 0.4) is 0 Å². The topological polar surface area (TPSA) is 33.7 Å². The molecule has 0 amide bonds. The number of morpholine rings is 1. The van der Waals surface area contributed by atoms with Crippen LogP contribution in [0.5, 0.6) is 0 Å². The molecule has 24 heavy (non-hydrogen) atoms. The molecule has 2 fully saturated rings. The first-order valence-electron chi connectivity index (χ1n) is 9.49. The summed E-state index contributed by atoms with van der Waals surface area (Å²) in [6, 6.07) is 11.9. The normalized spacial score (nSPS) is 23.0. The zero-order valence-corrected chi connectivity index (χ0v) is 15.0. The predicted molar refractivity (Wildman–Crippen MR) is 97.3 cm³/mol. The number of hydrogen-bond donors (Lipinski definition) is 1. The van der Waals surface area contributed by atoms with Gasteiger partial charge in [-0.3, -0.25) is 4.90 Å². The minimum absolute atomic E-state index is 0.489. The van der Waals surface area contributed by atoms with E-state index in [9.17, 15) is 0 Å². The van der Waals surface area contributed by atoms with Crippen molar-refractivity contribution in [1.29, 1.82) is 0 Å². The maximum Gasteiger partial charge on any atom is 0.0594 e. The average molecular weight is 332 g/mol. The van der Waals surface area contributed by atoms with Crippen LogP contribution >= 0.6 is 0 Å². The fourth-order valence-corrected chi connectivity index (χ4v) is 3.89. The Morgan fingerprint density at radius 2 is 1.71 bits per heavy atom. The Hall–Kier alpha value is -0.940. The lowest BCUT2D eigenvalue weighted by molar-refractivity contribution is 0.0297. The summed E-state index contributed by atoms with van der Waals surface area (Å²) >= 11 is 0. The lowest BCUT2D eigenvalue weighted by Crippen LogP contribution is -2.50. The van der Waals surface area contributed by atoms with E-state index >= 15 is 0 Å². The van der Waals surface area contributed by atoms with Crippen LogP contribution in [-0.4, -0.2) is 63.0 Å². The SMILES string of the molecule is C[C@H](N[C@H](Cc1ccccc1)CN1CCOCC1)C1CCOCC1. The molecule has 3 rings (SSSR count). The van der Waals surface area contributed by atoms with Gasteiger partial charge in [0.2, 0.25) is 0 Å². The van der Waals surface area contributed by atoms with E-state index in [4.69, 9.17) is 9.47 Å². The van der Waals surface area contributed by atoms with Crippen molar-refractivity contribution >= 4 is 0 Å². The minimum Gasteiger partial charge on any atom is -0.381 e. The first-order chi connectivity index (χ1) is 11.8. The zero-order valence-electron chi connectivity index (χ0n) is 15.0. The number of rotatable bonds is 7. The number of nitrogens with one attached hydrogen (secondary N) is 1. The van der Waals surface area contributed by atoms with Gasteiger partial charge in [-0.1, -0.05) is 30.3 Å². The van der Waals surface area contributed by atoms with Gasteiger partial charge in [-0.15, -0.1) is 0 Å². The largest absolute Gasteiger partial charge is 0.381 e. The molecule has 2 heterocycles. The molecule has 1 aromatic rings. The van der Waals surface area contributed by atoms with Crippen LogP contribution in [0.2, 0.25) is 0 Å². The summed E-state index contributed by atoms with van der Waals surface area (Å²) in [5.74, 6) is 0.738. The standard InChI is InChI=1S/C20H32N2O2/c1-17(19-7-11-23-12-8-19)21-20(15-18-5-3-2-4-6-18)16-22-9-13-24-14-10-22/h2-6,17,19-21H,7-16H2,1H3/t17-,20+/m0/s1. The van der Waals surface area contributed by atoms with Gasteiger partial charge in [0.25, 0.3) is 0 Å². The van der Waals surface area contributed by atoms with Crippen LogP contribution in [0, 0.1) is 5.92 Å². The summed E-state index contributed by atoms with van der Waals surface area (Å²) in [6.45, 7) is 9.14. The van der Waals surface area contributed by atoms with E-state index in [0.29, 0.717) is 12.1 Å². The van der Waals surface area contributed by atoms with Crippen molar-refractivity contribution in [2.45, 2.75) is 38.3 Å². The lowest BCUT2D eigenvalue weighted by Gasteiger charge is -2.35. The van der Waals surface area contributed by atoms with Gasteiger partial charge in [0.15, 0.2) is 0 Å². The highest BCUT2D eigenvalue weighted by Crippen LogP contribution is 2.19. The van der Waals surface area contributed by atoms with Crippen LogP contribution in [0.1, 0.15) is 25.3 Å². The van der Waals surface area contributed by atoms with Gasteiger partial charge < -0.3 is 14.8 Å². The minimum atomic E-state index is 0.489. The van der Waals surface area contributed by atoms with Crippen LogP contribution < -0.4 is 5.32 Å². The van der Waals surface area contributed by atoms with E-state index in [0.717, 1.165) is 58.4 Å². The van der Waals surface area contributed by atoms with E-state index in [2.05, 4.69) is 47.5 Å². The Morgan fingerprint density at radius 1 is 1.04 bits per heavy atom. The van der Waals surface area contributed by atoms with Gasteiger partial charge >= 0.3 is 0 Å². The summed E-state index contributed by atoms with van der Waals surface area (Å²) in [7, 11) is 0. The molecular weight excluding hydrogens is 300 g/mol. The summed E-state index contributed by atoms with van der Waals surface area (Å²) in [4.78, 5) is 2.54. The van der Waals surface area contributed by atoms with Crippen molar-refractivity contribution < 1.29 is 9.47 Å². The molecule has 0 saturated carbocycles. The summed E-state index contributed by atoms with van der Waals surface area (Å²) < 4.78 is 11.0. The van der Waals surface area contributed by atoms with Crippen molar-refractivity contribution in [3.8, 4) is 0 Å². The first-order valence-corrected chi connectivity index (χ1v) is 9.49. The Balaban J connectivity index is 1.59. The highest BCUT2D eigenvalue weighted by atomic mass is 16.5. The van der Waals surface area contributed by atoms with Gasteiger partial charge in [-0.05, 0) is 37.7 Å². The third-order valence-corrected chi connectivity index (χ3v) is 5.38. The fraction of sp³-hybridized carbons (Fsp3) is 0.700. The monoisotopic (exact) mass is 332 g/mol. The fourth-order valence-electron chi connectivity index (χ4n) is 3.89. The molecule has 0 aliphatic carbocycles. The summed E-state index contributed by atoms with van der Waals surface area (Å²) in [5, 5.41) is 3.94. The van der Waals surface area contributed by atoms with E-state index in [1.165, 1.54) is 18.4 Å². The number of nitrogens with zero attached hydrogens (tertiary/aromatic N) is 1. The Morgan fingerprint density at radius 3 is 2.42 bits per heavy atom. The Labute approximate surface area is 146 Å². The van der Waals surface area contributed by atoms with Crippen LogP contribution in [-0.2, 0) is 15.9 Å². The average Bonchev–Trinajstić information content (AvgIpc) is 2.64. The van der Waals surface area contributed by atoms with Gasteiger partial charge in [0.05, 0.1) is 13.2 Å². The van der Waals surface area contributed by atoms with Gasteiger partial charge in [0, 0.05) is 44.9 Å². The Kier molecular flexibility index (Phi) is 7.09. The molecule has 0 aromatic heterocycles. The van der Waals surface area contributed by atoms with Crippen LogP contribution in [0.25, 0.3) is 0 Å². The molecular formula is C20H32N2O2. The second kappa shape index (κ2) is 9.52. The maximum atomic E-state index is 5.52. The quantitative estimate of drug-likeness (QED) is 0.831. The molecule has 1 aromatic carbocycles. The van der Waals surface area contributed by atoms with Crippen molar-refractivity contribution in [2.24, 2.45) is 5.92 Å². The molecule has 0 radical (unpaired) electrons. The molecule has 2 atom stereocenters. The van der Waals surface area contributed by atoms with Crippen molar-refractivity contribution in [3.63, 3.8) is 0 Å². The van der Waals surface area contributed by atoms with Gasteiger partial charge in [-0.2, -0.15) is 0 Å². The third kappa shape index (κ3) is 5.55. The molecule has 4 heteroatoms.